The van der Waals surface area contributed by atoms with Crippen molar-refractivity contribution >= 4 is 45.8 Å². The summed E-state index contributed by atoms with van der Waals surface area (Å²) >= 11 is 0. The molecule has 4 amide bonds. The van der Waals surface area contributed by atoms with Crippen molar-refractivity contribution in [1.29, 1.82) is 0 Å². The van der Waals surface area contributed by atoms with Gasteiger partial charge in [0.2, 0.25) is 11.8 Å². The largest absolute Gasteiger partial charge is 0.488 e. The van der Waals surface area contributed by atoms with Crippen LogP contribution in [-0.4, -0.2) is 100 Å². The van der Waals surface area contributed by atoms with Crippen molar-refractivity contribution in [3.63, 3.8) is 0 Å². The molecular weight excluding hydrogens is 781 g/mol. The van der Waals surface area contributed by atoms with Crippen LogP contribution < -0.4 is 15.8 Å². The molecule has 5 aromatic rings. The molecule has 2 atom stereocenters. The van der Waals surface area contributed by atoms with Gasteiger partial charge < -0.3 is 49.8 Å². The highest BCUT2D eigenvalue weighted by atomic mass is 16.5. The lowest BCUT2D eigenvalue weighted by Gasteiger charge is -2.28. The number of fused-ring (bicyclic) bond motifs is 6. The fraction of sp³-hybridized carbons (Fsp3) is 0.467. The van der Waals surface area contributed by atoms with Crippen LogP contribution >= 0.6 is 0 Å². The number of aromatic nitrogens is 4. The molecule has 16 nitrogen and oxygen atoms in total. The second-order valence-electron chi connectivity index (χ2n) is 15.4. The van der Waals surface area contributed by atoms with E-state index in [2.05, 4.69) is 99.6 Å². The molecule has 3 aromatic carbocycles. The molecule has 0 saturated heterocycles. The molecule has 5 N–H and O–H groups in total. The number of amides is 4. The maximum Gasteiger partial charge on any atom is 0.407 e. The molecule has 0 saturated carbocycles. The number of alkyl carbamates (subject to hydrolysis) is 1. The summed E-state index contributed by atoms with van der Waals surface area (Å²) in [5.41, 5.74) is 11.1. The van der Waals surface area contributed by atoms with E-state index < -0.39 is 12.2 Å². The molecule has 0 spiro atoms. The first-order chi connectivity index (χ1) is 29.2. The molecule has 61 heavy (non-hydrogen) atoms. The Balaban J connectivity index is 0.000000942. The summed E-state index contributed by atoms with van der Waals surface area (Å²) in [5.74, 6) is 2.22. The second-order valence-corrected chi connectivity index (χ2v) is 15.4. The van der Waals surface area contributed by atoms with Crippen molar-refractivity contribution in [3.8, 4) is 28.1 Å². The van der Waals surface area contributed by atoms with E-state index in [4.69, 9.17) is 14.5 Å². The van der Waals surface area contributed by atoms with Crippen LogP contribution in [0.25, 0.3) is 44.2 Å². The van der Waals surface area contributed by atoms with Gasteiger partial charge in [0.1, 0.15) is 30.5 Å². The van der Waals surface area contributed by atoms with E-state index in [9.17, 15) is 19.2 Å². The molecule has 6 rings (SSSR count). The molecule has 0 bridgehead atoms. The number of ether oxygens (including phenoxy) is 4. The van der Waals surface area contributed by atoms with Crippen LogP contribution in [0.5, 0.6) is 5.75 Å². The van der Waals surface area contributed by atoms with Gasteiger partial charge in [-0.15, -0.1) is 0 Å². The maximum atomic E-state index is 13.2. The zero-order valence-electron chi connectivity index (χ0n) is 37.1. The summed E-state index contributed by atoms with van der Waals surface area (Å²) in [6, 6.07) is 14.7. The van der Waals surface area contributed by atoms with Crippen LogP contribution in [0.1, 0.15) is 84.9 Å². The number of nitrogens with zero attached hydrogens (tertiary/aromatic N) is 4. The van der Waals surface area contributed by atoms with E-state index in [0.29, 0.717) is 31.9 Å². The Morgan fingerprint density at radius 3 is 2.26 bits per heavy atom. The van der Waals surface area contributed by atoms with Crippen molar-refractivity contribution in [3.05, 3.63) is 65.9 Å². The highest BCUT2D eigenvalue weighted by Crippen LogP contribution is 2.42. The third kappa shape index (κ3) is 12.7. The molecule has 330 valence electrons. The molecule has 1 aliphatic rings. The first-order valence-corrected chi connectivity index (χ1v) is 20.7. The lowest BCUT2D eigenvalue weighted by molar-refractivity contribution is -0.136. The van der Waals surface area contributed by atoms with Gasteiger partial charge in [0.15, 0.2) is 0 Å². The maximum absolute atomic E-state index is 13.2. The number of carbonyl (C=O) groups excluding carboxylic acids is 4. The zero-order valence-corrected chi connectivity index (χ0v) is 37.1. The Bertz CT molecular complexity index is 2270. The minimum atomic E-state index is -0.745. The molecule has 2 aromatic heterocycles. The first kappa shape index (κ1) is 47.5. The number of nitrogens with one attached hydrogen (secondary N) is 3. The van der Waals surface area contributed by atoms with E-state index in [1.165, 1.54) is 20.6 Å². The van der Waals surface area contributed by atoms with Crippen molar-refractivity contribution in [2.45, 2.75) is 99.6 Å². The molecular formula is C45H62N8O8. The Morgan fingerprint density at radius 1 is 0.902 bits per heavy atom. The predicted octanol–water partition coefficient (Wildman–Crippen LogP) is 7.69. The van der Waals surface area contributed by atoms with E-state index in [0.717, 1.165) is 67.7 Å². The van der Waals surface area contributed by atoms with Crippen LogP contribution in [0, 0.1) is 5.92 Å². The van der Waals surface area contributed by atoms with Gasteiger partial charge in [-0.05, 0) is 72.5 Å². The first-order valence-electron chi connectivity index (χ1n) is 20.7. The highest BCUT2D eigenvalue weighted by molar-refractivity contribution is 6.07. The van der Waals surface area contributed by atoms with Gasteiger partial charge in [-0.1, -0.05) is 59.2 Å². The minimum absolute atomic E-state index is 0.0443. The number of hydrogen-bond acceptors (Lipinski definition) is 10. The summed E-state index contributed by atoms with van der Waals surface area (Å²) in [6.07, 6.45) is 2.62. The third-order valence-electron chi connectivity index (χ3n) is 10.0. The normalized spacial score (nSPS) is 12.4. The predicted molar refractivity (Wildman–Crippen MR) is 236 cm³/mol. The molecule has 0 fully saturated rings. The fourth-order valence-electron chi connectivity index (χ4n) is 6.70. The lowest BCUT2D eigenvalue weighted by atomic mass is 9.92. The van der Waals surface area contributed by atoms with Crippen molar-refractivity contribution in [2.75, 3.05) is 34.4 Å². The Kier molecular flexibility index (Phi) is 17.5. The SMILES string of the molecule is CCC.CC[C@H](C)N(Cc1nc2c(ccc3cc4c(cc32)OCc2cc(-c3cnc(CN(CC(C)C)C(=O)CNC(=O)OC)[nH]3)ccc2-4)[nH]1)C(=O)C[C@@H](C)OC.COC(N)=O. The van der Waals surface area contributed by atoms with E-state index >= 15 is 0 Å². The van der Waals surface area contributed by atoms with Crippen LogP contribution in [0.2, 0.25) is 0 Å². The lowest BCUT2D eigenvalue weighted by Crippen LogP contribution is -2.41. The smallest absolute Gasteiger partial charge is 0.407 e. The number of imidazole rings is 2. The number of rotatable bonds is 14. The van der Waals surface area contributed by atoms with Crippen molar-refractivity contribution < 1.29 is 38.1 Å². The number of aromatic amines is 2. The average molecular weight is 843 g/mol. The Hall–Kier alpha value is -6.16. The topological polar surface area (TPSA) is 207 Å². The Morgan fingerprint density at radius 2 is 1.62 bits per heavy atom. The van der Waals surface area contributed by atoms with Crippen molar-refractivity contribution in [2.24, 2.45) is 11.7 Å². The summed E-state index contributed by atoms with van der Waals surface area (Å²) in [6.45, 7) is 15.8. The third-order valence-corrected chi connectivity index (χ3v) is 10.0. The van der Waals surface area contributed by atoms with Gasteiger partial charge in [-0.25, -0.2) is 19.6 Å². The fourth-order valence-corrected chi connectivity index (χ4v) is 6.70. The number of carbonyl (C=O) groups is 4. The molecule has 16 heteroatoms. The summed E-state index contributed by atoms with van der Waals surface area (Å²) in [4.78, 5) is 66.9. The van der Waals surface area contributed by atoms with Gasteiger partial charge in [-0.3, -0.25) is 9.59 Å². The van der Waals surface area contributed by atoms with E-state index in [1.54, 1.807) is 18.2 Å². The standard InChI is InChI=1S/C40H49N7O6.C3H8.C2H5NO2/c1-8-24(4)47(37(48)13-25(5)51-6)21-36-43-32-12-10-26-15-31-29-11-9-27(14-28(29)22-53-34(31)16-30(26)39(32)45-36)33-17-41-35(44-33)20-46(19-23(2)3)38(49)18-42-40(50)52-7;1-3-2;1-5-2(3)4/h9-12,14-17,23-25H,8,13,18-22H2,1-7H3,(H,41,44)(H,42,50)(H,43,45);3H2,1-2H3;1H3,(H2,3,4)/t24-,25+;;/m0../s1. The van der Waals surface area contributed by atoms with Gasteiger partial charge in [0.05, 0.1) is 62.8 Å². The number of H-pyrrole nitrogens is 2. The van der Waals surface area contributed by atoms with Crippen LogP contribution in [0.15, 0.2) is 48.7 Å². The van der Waals surface area contributed by atoms with Crippen molar-refractivity contribution in [1.82, 2.24) is 35.1 Å². The summed E-state index contributed by atoms with van der Waals surface area (Å²) in [5, 5.41) is 4.49. The van der Waals surface area contributed by atoms with Gasteiger partial charge >= 0.3 is 12.2 Å². The van der Waals surface area contributed by atoms with Crippen LogP contribution in [-0.2, 0) is 43.5 Å². The quantitative estimate of drug-likeness (QED) is 0.0857. The molecule has 1 aliphatic heterocycles. The van der Waals surface area contributed by atoms with Gasteiger partial charge in [0, 0.05) is 30.6 Å². The summed E-state index contributed by atoms with van der Waals surface area (Å²) in [7, 11) is 4.11. The van der Waals surface area contributed by atoms with E-state index in [-0.39, 0.29) is 43.0 Å². The second kappa shape index (κ2) is 22.4. The monoisotopic (exact) mass is 842 g/mol. The van der Waals surface area contributed by atoms with Crippen LogP contribution in [0.4, 0.5) is 9.59 Å². The Labute approximate surface area is 357 Å². The number of hydrogen-bond donors (Lipinski definition) is 4. The van der Waals surface area contributed by atoms with Crippen LogP contribution in [0.3, 0.4) is 0 Å². The van der Waals surface area contributed by atoms with Gasteiger partial charge in [-0.2, -0.15) is 0 Å². The molecule has 0 radical (unpaired) electrons. The number of primary amides is 1. The summed E-state index contributed by atoms with van der Waals surface area (Å²) < 4.78 is 20.2. The van der Waals surface area contributed by atoms with E-state index in [1.807, 2.05) is 31.7 Å². The minimum Gasteiger partial charge on any atom is -0.488 e. The van der Waals surface area contributed by atoms with Gasteiger partial charge in [0.25, 0.3) is 0 Å². The molecule has 3 heterocycles. The average Bonchev–Trinajstić information content (AvgIpc) is 3.90. The number of methoxy groups -OCH3 is 3. The molecule has 0 unspecified atom stereocenters. The number of benzene rings is 3. The zero-order chi connectivity index (χ0) is 44.8. The molecule has 0 aliphatic carbocycles. The highest BCUT2D eigenvalue weighted by Gasteiger charge is 2.25. The number of nitrogens with two attached hydrogens (primary N) is 1.